The van der Waals surface area contributed by atoms with Gasteiger partial charge in [-0.15, -0.1) is 0 Å². The fourth-order valence-electron chi connectivity index (χ4n) is 3.83. The summed E-state index contributed by atoms with van der Waals surface area (Å²) in [6.45, 7) is 8.53. The third-order valence-electron chi connectivity index (χ3n) is 5.28. The molecule has 2 heterocycles. The van der Waals surface area contributed by atoms with E-state index >= 15 is 0 Å². The largest absolute Gasteiger partial charge is 0.496 e. The first kappa shape index (κ1) is 16.6. The van der Waals surface area contributed by atoms with E-state index in [0.717, 1.165) is 57.2 Å². The number of likely N-dealkylation sites (N-methyl/N-ethyl adjacent to an activating group) is 1. The lowest BCUT2D eigenvalue weighted by atomic mass is 9.89. The Morgan fingerprint density at radius 1 is 1.17 bits per heavy atom. The zero-order valence-electron chi connectivity index (χ0n) is 14.8. The van der Waals surface area contributed by atoms with E-state index < -0.39 is 0 Å². The molecule has 1 unspecified atom stereocenters. The number of hydrogen-bond donors (Lipinski definition) is 1. The second kappa shape index (κ2) is 7.07. The van der Waals surface area contributed by atoms with E-state index in [9.17, 15) is 0 Å². The van der Waals surface area contributed by atoms with Crippen molar-refractivity contribution in [1.29, 1.82) is 0 Å². The minimum Gasteiger partial charge on any atom is -0.496 e. The van der Waals surface area contributed by atoms with Crippen molar-refractivity contribution < 1.29 is 9.47 Å². The molecule has 1 saturated heterocycles. The van der Waals surface area contributed by atoms with Crippen molar-refractivity contribution in [3.63, 3.8) is 0 Å². The molecule has 2 aliphatic heterocycles. The van der Waals surface area contributed by atoms with Gasteiger partial charge in [0.05, 0.1) is 14.2 Å². The quantitative estimate of drug-likeness (QED) is 0.913. The SMILES string of the molecule is COc1cc(CN2CCNCC2)c(OC)c2c1C(C)N(C)CC2. The summed E-state index contributed by atoms with van der Waals surface area (Å²) in [6.07, 6.45) is 1.02. The molecule has 23 heavy (non-hydrogen) atoms. The number of piperazine rings is 1. The number of hydrogen-bond acceptors (Lipinski definition) is 5. The monoisotopic (exact) mass is 319 g/mol. The summed E-state index contributed by atoms with van der Waals surface area (Å²) >= 11 is 0. The van der Waals surface area contributed by atoms with E-state index in [1.165, 1.54) is 16.7 Å². The molecule has 3 rings (SSSR count). The molecule has 0 aromatic heterocycles. The molecule has 0 amide bonds. The fraction of sp³-hybridized carbons (Fsp3) is 0.667. The van der Waals surface area contributed by atoms with E-state index in [2.05, 4.69) is 35.2 Å². The Balaban J connectivity index is 1.99. The number of ether oxygens (including phenoxy) is 2. The van der Waals surface area contributed by atoms with Crippen LogP contribution in [-0.4, -0.2) is 63.8 Å². The van der Waals surface area contributed by atoms with Crippen molar-refractivity contribution >= 4 is 0 Å². The standard InChI is InChI=1S/C18H29N3O2/c1-13-17-15(5-8-20(13)2)18(23-4)14(11-16(17)22-3)12-21-9-6-19-7-10-21/h11,13,19H,5-10,12H2,1-4H3. The molecular formula is C18H29N3O2. The second-order valence-corrected chi connectivity index (χ2v) is 6.60. The molecular weight excluding hydrogens is 290 g/mol. The molecule has 0 spiro atoms. The van der Waals surface area contributed by atoms with E-state index in [-0.39, 0.29) is 0 Å². The Morgan fingerprint density at radius 3 is 2.57 bits per heavy atom. The van der Waals surface area contributed by atoms with Crippen LogP contribution in [0, 0.1) is 0 Å². The van der Waals surface area contributed by atoms with Crippen LogP contribution in [0.1, 0.15) is 29.7 Å². The summed E-state index contributed by atoms with van der Waals surface area (Å²) in [5.41, 5.74) is 3.88. The summed E-state index contributed by atoms with van der Waals surface area (Å²) in [4.78, 5) is 4.86. The predicted molar refractivity (Wildman–Crippen MR) is 92.4 cm³/mol. The first-order valence-electron chi connectivity index (χ1n) is 8.55. The summed E-state index contributed by atoms with van der Waals surface area (Å²) < 4.78 is 11.6. The van der Waals surface area contributed by atoms with Crippen molar-refractivity contribution in [3.8, 4) is 11.5 Å². The smallest absolute Gasteiger partial charge is 0.127 e. The van der Waals surface area contributed by atoms with Gasteiger partial charge in [0.2, 0.25) is 0 Å². The minimum atomic E-state index is 0.357. The Hall–Kier alpha value is -1.30. The van der Waals surface area contributed by atoms with Gasteiger partial charge in [-0.3, -0.25) is 9.80 Å². The molecule has 2 aliphatic rings. The van der Waals surface area contributed by atoms with Crippen molar-refractivity contribution in [2.75, 3.05) is 54.0 Å². The van der Waals surface area contributed by atoms with Gasteiger partial charge >= 0.3 is 0 Å². The summed E-state index contributed by atoms with van der Waals surface area (Å²) in [5.74, 6) is 2.07. The number of rotatable bonds is 4. The average Bonchev–Trinajstić information content (AvgIpc) is 2.58. The third-order valence-corrected chi connectivity index (χ3v) is 5.28. The van der Waals surface area contributed by atoms with Crippen LogP contribution in [0.2, 0.25) is 0 Å². The van der Waals surface area contributed by atoms with Crippen LogP contribution in [0.4, 0.5) is 0 Å². The number of methoxy groups -OCH3 is 2. The van der Waals surface area contributed by atoms with Gasteiger partial charge in [0, 0.05) is 62.0 Å². The van der Waals surface area contributed by atoms with E-state index in [4.69, 9.17) is 9.47 Å². The van der Waals surface area contributed by atoms with Crippen LogP contribution in [0.5, 0.6) is 11.5 Å². The molecule has 0 saturated carbocycles. The molecule has 0 radical (unpaired) electrons. The highest BCUT2D eigenvalue weighted by Crippen LogP contribution is 2.42. The maximum Gasteiger partial charge on any atom is 0.127 e. The van der Waals surface area contributed by atoms with Crippen LogP contribution in [0.3, 0.4) is 0 Å². The average molecular weight is 319 g/mol. The number of nitrogens with one attached hydrogen (secondary N) is 1. The topological polar surface area (TPSA) is 37.0 Å². The van der Waals surface area contributed by atoms with Gasteiger partial charge in [-0.05, 0) is 26.5 Å². The third kappa shape index (κ3) is 3.18. The highest BCUT2D eigenvalue weighted by atomic mass is 16.5. The van der Waals surface area contributed by atoms with E-state index in [0.29, 0.717) is 6.04 Å². The summed E-state index contributed by atoms with van der Waals surface area (Å²) in [6, 6.07) is 2.55. The Morgan fingerprint density at radius 2 is 1.91 bits per heavy atom. The van der Waals surface area contributed by atoms with Crippen LogP contribution in [0.15, 0.2) is 6.07 Å². The fourth-order valence-corrected chi connectivity index (χ4v) is 3.83. The normalized spacial score (nSPS) is 22.7. The maximum atomic E-state index is 5.85. The van der Waals surface area contributed by atoms with Crippen LogP contribution >= 0.6 is 0 Å². The van der Waals surface area contributed by atoms with Gasteiger partial charge in [0.25, 0.3) is 0 Å². The highest BCUT2D eigenvalue weighted by Gasteiger charge is 2.29. The molecule has 128 valence electrons. The Labute approximate surface area is 139 Å². The summed E-state index contributed by atoms with van der Waals surface area (Å²) in [5, 5.41) is 3.41. The zero-order valence-corrected chi connectivity index (χ0v) is 14.8. The number of nitrogens with zero attached hydrogens (tertiary/aromatic N) is 2. The van der Waals surface area contributed by atoms with Gasteiger partial charge in [-0.25, -0.2) is 0 Å². The number of fused-ring (bicyclic) bond motifs is 1. The van der Waals surface area contributed by atoms with Gasteiger partial charge in [0.1, 0.15) is 11.5 Å². The van der Waals surface area contributed by atoms with Gasteiger partial charge in [0.15, 0.2) is 0 Å². The second-order valence-electron chi connectivity index (χ2n) is 6.60. The molecule has 1 aromatic carbocycles. The van der Waals surface area contributed by atoms with Crippen molar-refractivity contribution in [1.82, 2.24) is 15.1 Å². The van der Waals surface area contributed by atoms with Crippen LogP contribution in [0.25, 0.3) is 0 Å². The minimum absolute atomic E-state index is 0.357. The first-order valence-corrected chi connectivity index (χ1v) is 8.55. The van der Waals surface area contributed by atoms with Gasteiger partial charge < -0.3 is 14.8 Å². The molecule has 5 nitrogen and oxygen atoms in total. The molecule has 1 fully saturated rings. The first-order chi connectivity index (χ1) is 11.2. The lowest BCUT2D eigenvalue weighted by Crippen LogP contribution is -2.43. The maximum absolute atomic E-state index is 5.85. The van der Waals surface area contributed by atoms with Crippen molar-refractivity contribution in [2.24, 2.45) is 0 Å². The van der Waals surface area contributed by atoms with Crippen molar-refractivity contribution in [2.45, 2.75) is 25.9 Å². The lowest BCUT2D eigenvalue weighted by Gasteiger charge is -2.35. The predicted octanol–water partition coefficient (Wildman–Crippen LogP) is 1.66. The number of benzene rings is 1. The summed E-state index contributed by atoms with van der Waals surface area (Å²) in [7, 11) is 5.75. The van der Waals surface area contributed by atoms with Gasteiger partial charge in [-0.2, -0.15) is 0 Å². The Kier molecular flexibility index (Phi) is 5.09. The van der Waals surface area contributed by atoms with E-state index in [1.54, 1.807) is 14.2 Å². The zero-order chi connectivity index (χ0) is 16.4. The van der Waals surface area contributed by atoms with Crippen LogP contribution in [-0.2, 0) is 13.0 Å². The van der Waals surface area contributed by atoms with Gasteiger partial charge in [-0.1, -0.05) is 0 Å². The van der Waals surface area contributed by atoms with Crippen molar-refractivity contribution in [3.05, 3.63) is 22.8 Å². The Bertz CT molecular complexity index is 556. The van der Waals surface area contributed by atoms with E-state index in [1.807, 2.05) is 0 Å². The molecule has 1 aromatic rings. The molecule has 0 bridgehead atoms. The molecule has 1 atom stereocenters. The molecule has 5 heteroatoms. The van der Waals surface area contributed by atoms with Crippen LogP contribution < -0.4 is 14.8 Å². The molecule has 1 N–H and O–H groups in total. The highest BCUT2D eigenvalue weighted by molar-refractivity contribution is 5.56. The molecule has 0 aliphatic carbocycles. The lowest BCUT2D eigenvalue weighted by molar-refractivity contribution is 0.224.